The van der Waals surface area contributed by atoms with Crippen LogP contribution in [0.4, 0.5) is 4.39 Å². The van der Waals surface area contributed by atoms with Gasteiger partial charge in [0.05, 0.1) is 5.56 Å². The van der Waals surface area contributed by atoms with Gasteiger partial charge in [0.25, 0.3) is 5.91 Å². The number of halogens is 1. The van der Waals surface area contributed by atoms with Gasteiger partial charge in [-0.25, -0.2) is 4.39 Å². The lowest BCUT2D eigenvalue weighted by Crippen LogP contribution is -2.39. The van der Waals surface area contributed by atoms with E-state index >= 15 is 0 Å². The maximum atomic E-state index is 13.8. The molecule has 0 unspecified atom stereocenters. The molecule has 1 fully saturated rings. The Morgan fingerprint density at radius 2 is 2.48 bits per heavy atom. The number of thiophene rings is 1. The molecule has 7 heteroatoms. The molecule has 0 aliphatic carbocycles. The molecule has 3 rings (SSSR count). The monoisotopic (exact) mass is 332 g/mol. The quantitative estimate of drug-likeness (QED) is 0.882. The highest BCUT2D eigenvalue weighted by atomic mass is 32.1. The summed E-state index contributed by atoms with van der Waals surface area (Å²) in [6.45, 7) is 1.51. The number of nitriles is 1. The molecule has 2 aromatic rings. The first-order valence-corrected chi connectivity index (χ1v) is 8.31. The maximum absolute atomic E-state index is 13.8. The van der Waals surface area contributed by atoms with Crippen LogP contribution in [0.5, 0.6) is 0 Å². The number of carbonyl (C=O) groups is 1. The van der Waals surface area contributed by atoms with Crippen molar-refractivity contribution in [1.29, 1.82) is 5.26 Å². The number of amides is 1. The summed E-state index contributed by atoms with van der Waals surface area (Å²) in [7, 11) is 0. The van der Waals surface area contributed by atoms with Gasteiger partial charge >= 0.3 is 0 Å². The maximum Gasteiger partial charge on any atom is 0.252 e. The van der Waals surface area contributed by atoms with E-state index in [0.29, 0.717) is 37.3 Å². The molecule has 23 heavy (non-hydrogen) atoms. The van der Waals surface area contributed by atoms with Gasteiger partial charge in [0, 0.05) is 36.8 Å². The van der Waals surface area contributed by atoms with E-state index in [1.165, 1.54) is 17.1 Å². The Morgan fingerprint density at radius 3 is 3.17 bits per heavy atom. The number of hydrogen-bond acceptors (Lipinski definition) is 4. The first kappa shape index (κ1) is 15.7. The van der Waals surface area contributed by atoms with Gasteiger partial charge in [-0.1, -0.05) is 6.07 Å². The van der Waals surface area contributed by atoms with E-state index in [2.05, 4.69) is 15.2 Å². The second-order valence-corrected chi connectivity index (χ2v) is 6.65. The summed E-state index contributed by atoms with van der Waals surface area (Å²) < 4.78 is 13.8. The van der Waals surface area contributed by atoms with Gasteiger partial charge < -0.3 is 10.3 Å². The SMILES string of the molecule is N#Cc1cc(C(=O)NC[C@@H]2C[C@H](F)CN2Cc2cccs2)c[nH]1. The van der Waals surface area contributed by atoms with Gasteiger partial charge in [-0.15, -0.1) is 11.3 Å². The smallest absolute Gasteiger partial charge is 0.252 e. The van der Waals surface area contributed by atoms with Crippen molar-refractivity contribution in [3.8, 4) is 6.07 Å². The van der Waals surface area contributed by atoms with E-state index in [9.17, 15) is 9.18 Å². The number of nitrogens with one attached hydrogen (secondary N) is 2. The van der Waals surface area contributed by atoms with E-state index in [1.54, 1.807) is 11.3 Å². The Morgan fingerprint density at radius 1 is 1.61 bits per heavy atom. The van der Waals surface area contributed by atoms with Gasteiger partial charge in [0.2, 0.25) is 0 Å². The van der Waals surface area contributed by atoms with Crippen molar-refractivity contribution in [3.05, 3.63) is 45.9 Å². The molecule has 0 saturated carbocycles. The molecular formula is C16H17FN4OS. The number of nitrogens with zero attached hydrogens (tertiary/aromatic N) is 2. The van der Waals surface area contributed by atoms with Crippen LogP contribution in [0.1, 0.15) is 27.3 Å². The van der Waals surface area contributed by atoms with E-state index in [4.69, 9.17) is 5.26 Å². The predicted octanol–water partition coefficient (Wildman–Crippen LogP) is 2.29. The van der Waals surface area contributed by atoms with Crippen LogP contribution in [-0.4, -0.2) is 41.1 Å². The Kier molecular flexibility index (Phi) is 4.74. The second kappa shape index (κ2) is 6.94. The van der Waals surface area contributed by atoms with Crippen LogP contribution in [0.2, 0.25) is 0 Å². The van der Waals surface area contributed by atoms with E-state index in [0.717, 1.165) is 0 Å². The number of H-pyrrole nitrogens is 1. The summed E-state index contributed by atoms with van der Waals surface area (Å²) in [5.74, 6) is -0.249. The molecule has 5 nitrogen and oxygen atoms in total. The van der Waals surface area contributed by atoms with Crippen LogP contribution in [-0.2, 0) is 6.54 Å². The number of alkyl halides is 1. The molecule has 2 atom stereocenters. The fraction of sp³-hybridized carbons (Fsp3) is 0.375. The minimum atomic E-state index is -0.852. The number of likely N-dealkylation sites (tertiary alicyclic amines) is 1. The molecule has 0 aromatic carbocycles. The van der Waals surface area contributed by atoms with Crippen molar-refractivity contribution >= 4 is 17.2 Å². The number of aromatic amines is 1. The van der Waals surface area contributed by atoms with Crippen LogP contribution in [0, 0.1) is 11.3 Å². The van der Waals surface area contributed by atoms with Crippen molar-refractivity contribution in [2.45, 2.75) is 25.2 Å². The first-order chi connectivity index (χ1) is 11.2. The predicted molar refractivity (Wildman–Crippen MR) is 85.9 cm³/mol. The second-order valence-electron chi connectivity index (χ2n) is 5.62. The molecular weight excluding hydrogens is 315 g/mol. The van der Waals surface area contributed by atoms with Crippen molar-refractivity contribution in [2.75, 3.05) is 13.1 Å². The Hall–Kier alpha value is -2.17. The molecule has 1 aliphatic heterocycles. The summed E-state index contributed by atoms with van der Waals surface area (Å²) >= 11 is 1.65. The molecule has 3 heterocycles. The highest BCUT2D eigenvalue weighted by Gasteiger charge is 2.32. The zero-order valence-corrected chi connectivity index (χ0v) is 13.3. The molecule has 0 bridgehead atoms. The van der Waals surface area contributed by atoms with Crippen LogP contribution in [0.3, 0.4) is 0 Å². The zero-order chi connectivity index (χ0) is 16.2. The molecule has 120 valence electrons. The number of aromatic nitrogens is 1. The van der Waals surface area contributed by atoms with Gasteiger partial charge in [0.15, 0.2) is 0 Å². The number of carbonyl (C=O) groups excluding carboxylic acids is 1. The zero-order valence-electron chi connectivity index (χ0n) is 12.5. The van der Waals surface area contributed by atoms with Crippen LogP contribution >= 0.6 is 11.3 Å². The van der Waals surface area contributed by atoms with Crippen LogP contribution in [0.25, 0.3) is 0 Å². The average molecular weight is 332 g/mol. The summed E-state index contributed by atoms with van der Waals surface area (Å²) in [5.41, 5.74) is 0.764. The number of rotatable bonds is 5. The van der Waals surface area contributed by atoms with E-state index < -0.39 is 6.17 Å². The van der Waals surface area contributed by atoms with Crippen LogP contribution in [0.15, 0.2) is 29.8 Å². The molecule has 1 aliphatic rings. The van der Waals surface area contributed by atoms with Crippen molar-refractivity contribution in [2.24, 2.45) is 0 Å². The molecule has 1 amide bonds. The lowest BCUT2D eigenvalue weighted by atomic mass is 10.2. The minimum Gasteiger partial charge on any atom is -0.352 e. The summed E-state index contributed by atoms with van der Waals surface area (Å²) in [6, 6.07) is 7.46. The molecule has 0 spiro atoms. The average Bonchev–Trinajstić information content (AvgIpc) is 3.26. The highest BCUT2D eigenvalue weighted by Crippen LogP contribution is 2.23. The van der Waals surface area contributed by atoms with Gasteiger partial charge in [-0.3, -0.25) is 9.69 Å². The highest BCUT2D eigenvalue weighted by molar-refractivity contribution is 7.09. The third-order valence-electron chi connectivity index (χ3n) is 3.98. The molecule has 2 aromatic heterocycles. The van der Waals surface area contributed by atoms with E-state index in [1.807, 2.05) is 23.6 Å². The van der Waals surface area contributed by atoms with Crippen molar-refractivity contribution in [1.82, 2.24) is 15.2 Å². The lowest BCUT2D eigenvalue weighted by molar-refractivity contribution is 0.0940. The fourth-order valence-electron chi connectivity index (χ4n) is 2.83. The third kappa shape index (κ3) is 3.78. The Bertz CT molecular complexity index is 706. The normalized spacial score (nSPS) is 21.2. The van der Waals surface area contributed by atoms with Crippen molar-refractivity contribution < 1.29 is 9.18 Å². The fourth-order valence-corrected chi connectivity index (χ4v) is 3.56. The standard InChI is InChI=1S/C16H17FN4OS/c17-12-5-14(21(9-12)10-15-2-1-3-23-15)8-20-16(22)11-4-13(6-18)19-7-11/h1-4,7,12,14,19H,5,8-10H2,(H,20,22)/t12-,14-/m0/s1. The third-order valence-corrected chi connectivity index (χ3v) is 4.84. The molecule has 0 radical (unpaired) electrons. The van der Waals surface area contributed by atoms with Gasteiger partial charge in [-0.2, -0.15) is 5.26 Å². The summed E-state index contributed by atoms with van der Waals surface area (Å²) in [6.07, 6.45) is 1.08. The lowest BCUT2D eigenvalue weighted by Gasteiger charge is -2.23. The minimum absolute atomic E-state index is 0.00886. The topological polar surface area (TPSA) is 71.9 Å². The van der Waals surface area contributed by atoms with Crippen molar-refractivity contribution in [3.63, 3.8) is 0 Å². The number of hydrogen-bond donors (Lipinski definition) is 2. The van der Waals surface area contributed by atoms with Crippen LogP contribution < -0.4 is 5.32 Å². The van der Waals surface area contributed by atoms with Gasteiger partial charge in [0.1, 0.15) is 17.9 Å². The van der Waals surface area contributed by atoms with E-state index in [-0.39, 0.29) is 11.9 Å². The molecule has 2 N–H and O–H groups in total. The van der Waals surface area contributed by atoms with Gasteiger partial charge in [-0.05, 0) is 23.9 Å². The summed E-state index contributed by atoms with van der Waals surface area (Å²) in [5, 5.41) is 13.6. The largest absolute Gasteiger partial charge is 0.352 e. The summed E-state index contributed by atoms with van der Waals surface area (Å²) in [4.78, 5) is 18.1. The first-order valence-electron chi connectivity index (χ1n) is 7.43. The Labute approximate surface area is 137 Å². The molecule has 1 saturated heterocycles. The Balaban J connectivity index is 1.57.